The number of nitrogens with one attached hydrogen (secondary N) is 1. The number of aryl methyl sites for hydroxylation is 1. The number of hydrogen-bond donors (Lipinski definition) is 1. The predicted octanol–water partition coefficient (Wildman–Crippen LogP) is 2.99. The topological polar surface area (TPSA) is 34.1 Å². The molecule has 1 N–H and O–H groups in total. The third kappa shape index (κ3) is 2.24. The number of anilines is 1. The molecular weight excluding hydrogens is 212 g/mol. The van der Waals surface area contributed by atoms with Gasteiger partial charge in [-0.25, -0.2) is 4.98 Å². The first-order valence-corrected chi connectivity index (χ1v) is 5.88. The van der Waals surface area contributed by atoms with Crippen LogP contribution in [0.3, 0.4) is 0 Å². The number of ether oxygens (including phenoxy) is 1. The number of methoxy groups -OCH3 is 1. The molecule has 3 heteroatoms. The van der Waals surface area contributed by atoms with Crippen molar-refractivity contribution >= 4 is 16.7 Å². The van der Waals surface area contributed by atoms with Crippen LogP contribution in [0.4, 0.5) is 5.82 Å². The summed E-state index contributed by atoms with van der Waals surface area (Å²) >= 11 is 0. The molecule has 1 heterocycles. The number of fused-ring (bicyclic) bond motifs is 1. The van der Waals surface area contributed by atoms with E-state index in [4.69, 9.17) is 9.72 Å². The van der Waals surface area contributed by atoms with Crippen molar-refractivity contribution in [3.8, 4) is 0 Å². The zero-order chi connectivity index (χ0) is 12.3. The molecule has 1 aromatic carbocycles. The van der Waals surface area contributed by atoms with Crippen LogP contribution in [0.5, 0.6) is 0 Å². The highest BCUT2D eigenvalue weighted by molar-refractivity contribution is 5.84. The summed E-state index contributed by atoms with van der Waals surface area (Å²) in [4.78, 5) is 4.69. The van der Waals surface area contributed by atoms with E-state index in [0.29, 0.717) is 6.61 Å². The number of hydrogen-bond acceptors (Lipinski definition) is 3. The van der Waals surface area contributed by atoms with Gasteiger partial charge < -0.3 is 10.1 Å². The lowest BCUT2D eigenvalue weighted by Gasteiger charge is -2.11. The van der Waals surface area contributed by atoms with Gasteiger partial charge in [-0.3, -0.25) is 0 Å². The van der Waals surface area contributed by atoms with Crippen molar-refractivity contribution in [2.45, 2.75) is 20.0 Å². The third-order valence-electron chi connectivity index (χ3n) is 2.93. The monoisotopic (exact) mass is 230 g/mol. The van der Waals surface area contributed by atoms with Gasteiger partial charge in [-0.2, -0.15) is 0 Å². The second-order valence-corrected chi connectivity index (χ2v) is 4.02. The zero-order valence-electron chi connectivity index (χ0n) is 10.6. The van der Waals surface area contributed by atoms with Crippen LogP contribution < -0.4 is 5.32 Å². The van der Waals surface area contributed by atoms with Gasteiger partial charge in [-0.1, -0.05) is 25.1 Å². The molecule has 0 bridgehead atoms. The van der Waals surface area contributed by atoms with Crippen LogP contribution in [-0.2, 0) is 17.8 Å². The first kappa shape index (κ1) is 11.9. The summed E-state index contributed by atoms with van der Waals surface area (Å²) in [5.74, 6) is 0.962. The molecule has 0 spiro atoms. The number of benzene rings is 1. The van der Waals surface area contributed by atoms with Crippen molar-refractivity contribution in [3.05, 3.63) is 35.4 Å². The average Bonchev–Trinajstić information content (AvgIpc) is 2.38. The minimum Gasteiger partial charge on any atom is -0.380 e. The minimum atomic E-state index is 0.596. The van der Waals surface area contributed by atoms with E-state index in [2.05, 4.69) is 36.5 Å². The fourth-order valence-corrected chi connectivity index (χ4v) is 2.06. The second kappa shape index (κ2) is 5.15. The Morgan fingerprint density at radius 1 is 1.29 bits per heavy atom. The highest BCUT2D eigenvalue weighted by Crippen LogP contribution is 2.23. The Balaban J connectivity index is 2.64. The van der Waals surface area contributed by atoms with Crippen LogP contribution in [0, 0.1) is 0 Å². The minimum absolute atomic E-state index is 0.596. The molecule has 0 aliphatic heterocycles. The fraction of sp³-hybridized carbons (Fsp3) is 0.357. The van der Waals surface area contributed by atoms with Crippen LogP contribution in [0.25, 0.3) is 10.9 Å². The van der Waals surface area contributed by atoms with Gasteiger partial charge in [-0.15, -0.1) is 0 Å². The molecule has 0 saturated carbocycles. The lowest BCUT2D eigenvalue weighted by atomic mass is 10.1. The van der Waals surface area contributed by atoms with Crippen LogP contribution in [0.15, 0.2) is 24.3 Å². The molecule has 17 heavy (non-hydrogen) atoms. The van der Waals surface area contributed by atoms with E-state index >= 15 is 0 Å². The Hall–Kier alpha value is -1.61. The Bertz CT molecular complexity index is 523. The van der Waals surface area contributed by atoms with Crippen LogP contribution >= 0.6 is 0 Å². The first-order valence-electron chi connectivity index (χ1n) is 5.88. The van der Waals surface area contributed by atoms with E-state index in [0.717, 1.165) is 23.3 Å². The Kier molecular flexibility index (Phi) is 3.59. The summed E-state index contributed by atoms with van der Waals surface area (Å²) in [7, 11) is 3.62. The highest BCUT2D eigenvalue weighted by atomic mass is 16.5. The predicted molar refractivity (Wildman–Crippen MR) is 71.4 cm³/mol. The van der Waals surface area contributed by atoms with Crippen molar-refractivity contribution in [3.63, 3.8) is 0 Å². The van der Waals surface area contributed by atoms with Gasteiger partial charge in [0.05, 0.1) is 12.1 Å². The summed E-state index contributed by atoms with van der Waals surface area (Å²) < 4.78 is 5.21. The molecular formula is C14H18N2O. The van der Waals surface area contributed by atoms with Gasteiger partial charge in [0.25, 0.3) is 0 Å². The molecule has 0 atom stereocenters. The molecule has 2 rings (SSSR count). The molecule has 0 radical (unpaired) electrons. The van der Waals surface area contributed by atoms with Crippen molar-refractivity contribution in [1.29, 1.82) is 0 Å². The number of pyridine rings is 1. The number of para-hydroxylation sites is 1. The van der Waals surface area contributed by atoms with E-state index in [1.807, 2.05) is 7.05 Å². The lowest BCUT2D eigenvalue weighted by Crippen LogP contribution is -2.00. The van der Waals surface area contributed by atoms with E-state index in [-0.39, 0.29) is 0 Å². The van der Waals surface area contributed by atoms with E-state index in [1.165, 1.54) is 10.9 Å². The Labute approximate surface area is 102 Å². The summed E-state index contributed by atoms with van der Waals surface area (Å²) in [6, 6.07) is 8.41. The van der Waals surface area contributed by atoms with Crippen molar-refractivity contribution in [1.82, 2.24) is 4.98 Å². The van der Waals surface area contributed by atoms with Crippen molar-refractivity contribution < 1.29 is 4.74 Å². The van der Waals surface area contributed by atoms with E-state index < -0.39 is 0 Å². The second-order valence-electron chi connectivity index (χ2n) is 4.02. The molecule has 3 nitrogen and oxygen atoms in total. The van der Waals surface area contributed by atoms with Gasteiger partial charge >= 0.3 is 0 Å². The zero-order valence-corrected chi connectivity index (χ0v) is 10.6. The number of aromatic nitrogens is 1. The molecule has 0 amide bonds. The molecule has 1 aromatic heterocycles. The summed E-state index contributed by atoms with van der Waals surface area (Å²) in [5.41, 5.74) is 3.40. The van der Waals surface area contributed by atoms with Gasteiger partial charge in [0.2, 0.25) is 0 Å². The quantitative estimate of drug-likeness (QED) is 0.876. The highest BCUT2D eigenvalue weighted by Gasteiger charge is 2.07. The van der Waals surface area contributed by atoms with Crippen LogP contribution in [-0.4, -0.2) is 19.1 Å². The maximum atomic E-state index is 5.21. The van der Waals surface area contributed by atoms with Gasteiger partial charge in [0.15, 0.2) is 0 Å². The Morgan fingerprint density at radius 3 is 2.76 bits per heavy atom. The number of nitrogens with zero attached hydrogens (tertiary/aromatic N) is 1. The number of rotatable bonds is 4. The molecule has 0 aliphatic carbocycles. The average molecular weight is 230 g/mol. The SMILES string of the molecule is CCc1cc2cccc(COC)c2nc1NC. The molecule has 0 aliphatic rings. The van der Waals surface area contributed by atoms with Crippen molar-refractivity contribution in [2.24, 2.45) is 0 Å². The fourth-order valence-electron chi connectivity index (χ4n) is 2.06. The van der Waals surface area contributed by atoms with Gasteiger partial charge in [-0.05, 0) is 18.1 Å². The van der Waals surface area contributed by atoms with Crippen LogP contribution in [0.1, 0.15) is 18.1 Å². The molecule has 90 valence electrons. The van der Waals surface area contributed by atoms with Gasteiger partial charge in [0, 0.05) is 25.1 Å². The molecule has 0 unspecified atom stereocenters. The smallest absolute Gasteiger partial charge is 0.129 e. The van der Waals surface area contributed by atoms with Crippen LogP contribution in [0.2, 0.25) is 0 Å². The third-order valence-corrected chi connectivity index (χ3v) is 2.93. The maximum absolute atomic E-state index is 5.21. The summed E-state index contributed by atoms with van der Waals surface area (Å²) in [6.07, 6.45) is 0.980. The van der Waals surface area contributed by atoms with E-state index in [9.17, 15) is 0 Å². The summed E-state index contributed by atoms with van der Waals surface area (Å²) in [5, 5.41) is 4.33. The maximum Gasteiger partial charge on any atom is 0.129 e. The normalized spacial score (nSPS) is 10.8. The molecule has 0 fully saturated rings. The van der Waals surface area contributed by atoms with Crippen molar-refractivity contribution in [2.75, 3.05) is 19.5 Å². The standard InChI is InChI=1S/C14H18N2O/c1-4-10-8-11-6-5-7-12(9-17-3)13(11)16-14(10)15-2/h5-8H,4,9H2,1-3H3,(H,15,16). The molecule has 2 aromatic rings. The Morgan fingerprint density at radius 2 is 2.12 bits per heavy atom. The summed E-state index contributed by atoms with van der Waals surface area (Å²) in [6.45, 7) is 2.74. The first-order chi connectivity index (χ1) is 8.30. The van der Waals surface area contributed by atoms with Gasteiger partial charge in [0.1, 0.15) is 5.82 Å². The largest absolute Gasteiger partial charge is 0.380 e. The molecule has 0 saturated heterocycles. The van der Waals surface area contributed by atoms with E-state index in [1.54, 1.807) is 7.11 Å². The lowest BCUT2D eigenvalue weighted by molar-refractivity contribution is 0.186.